The number of amides is 1. The Balaban J connectivity index is 1.69. The van der Waals surface area contributed by atoms with Crippen LogP contribution in [0.4, 0.5) is 24.7 Å². The fourth-order valence-corrected chi connectivity index (χ4v) is 3.20. The van der Waals surface area contributed by atoms with Crippen LogP contribution in [0.15, 0.2) is 54.2 Å². The van der Waals surface area contributed by atoms with E-state index in [0.717, 1.165) is 12.1 Å². The normalized spacial score (nSPS) is 17.4. The molecule has 1 atom stereocenters. The minimum atomic E-state index is -4.40. The van der Waals surface area contributed by atoms with Crippen LogP contribution >= 0.6 is 11.6 Å². The van der Waals surface area contributed by atoms with Crippen molar-refractivity contribution in [3.8, 4) is 0 Å². The van der Waals surface area contributed by atoms with Crippen molar-refractivity contribution in [1.82, 2.24) is 4.98 Å². The van der Waals surface area contributed by atoms with Crippen molar-refractivity contribution in [3.63, 3.8) is 0 Å². The van der Waals surface area contributed by atoms with Gasteiger partial charge in [-0.3, -0.25) is 4.79 Å². The molecule has 142 valence electrons. The number of pyridine rings is 1. The third kappa shape index (κ3) is 4.42. The number of hydrogen-bond acceptors (Lipinski definition) is 3. The van der Waals surface area contributed by atoms with Gasteiger partial charge in [0, 0.05) is 36.5 Å². The van der Waals surface area contributed by atoms with E-state index in [0.29, 0.717) is 35.2 Å². The van der Waals surface area contributed by atoms with Gasteiger partial charge in [0.2, 0.25) is 0 Å². The minimum absolute atomic E-state index is 0.0914. The van der Waals surface area contributed by atoms with E-state index in [9.17, 15) is 18.0 Å². The first kappa shape index (κ1) is 19.2. The second-order valence-corrected chi connectivity index (χ2v) is 6.71. The Kier molecular flexibility index (Phi) is 5.41. The van der Waals surface area contributed by atoms with Crippen LogP contribution in [0.2, 0.25) is 5.02 Å². The van der Waals surface area contributed by atoms with Gasteiger partial charge < -0.3 is 10.2 Å². The molecule has 2 heterocycles. The standard InChI is InChI=1S/C19H17ClF3N3O/c1-12-11-26(17-16(20)3-2-9-24-17)10-8-15(12)18(27)25-14-6-4-13(5-7-14)19(21,22)23/h2-9,12H,10-11H2,1H3,(H,25,27)/t12-/m0/s1. The Morgan fingerprint density at radius 2 is 1.96 bits per heavy atom. The number of anilines is 2. The average molecular weight is 396 g/mol. The molecule has 1 aromatic carbocycles. The lowest BCUT2D eigenvalue weighted by molar-refractivity contribution is -0.137. The third-order valence-corrected chi connectivity index (χ3v) is 4.62. The Morgan fingerprint density at radius 1 is 1.26 bits per heavy atom. The van der Waals surface area contributed by atoms with E-state index in [1.54, 1.807) is 24.4 Å². The minimum Gasteiger partial charge on any atom is -0.351 e. The molecule has 1 aliphatic rings. The van der Waals surface area contributed by atoms with Gasteiger partial charge in [-0.25, -0.2) is 4.98 Å². The van der Waals surface area contributed by atoms with Crippen LogP contribution in [-0.4, -0.2) is 24.0 Å². The van der Waals surface area contributed by atoms with Crippen molar-refractivity contribution < 1.29 is 18.0 Å². The summed E-state index contributed by atoms with van der Waals surface area (Å²) in [6.45, 7) is 2.93. The van der Waals surface area contributed by atoms with Crippen LogP contribution in [0.3, 0.4) is 0 Å². The first-order chi connectivity index (χ1) is 12.8. The lowest BCUT2D eigenvalue weighted by atomic mass is 9.95. The molecule has 1 amide bonds. The van der Waals surface area contributed by atoms with Gasteiger partial charge in [-0.2, -0.15) is 13.2 Å². The summed E-state index contributed by atoms with van der Waals surface area (Å²) in [5.74, 6) is 0.241. The molecular weight excluding hydrogens is 379 g/mol. The molecule has 4 nitrogen and oxygen atoms in total. The van der Waals surface area contributed by atoms with Crippen LogP contribution in [0.25, 0.3) is 0 Å². The number of aromatic nitrogens is 1. The Hall–Kier alpha value is -2.54. The smallest absolute Gasteiger partial charge is 0.351 e. The fourth-order valence-electron chi connectivity index (χ4n) is 2.96. The lowest BCUT2D eigenvalue weighted by Crippen LogP contribution is -2.37. The van der Waals surface area contributed by atoms with Gasteiger partial charge in [-0.15, -0.1) is 0 Å². The van der Waals surface area contributed by atoms with Gasteiger partial charge >= 0.3 is 6.18 Å². The molecule has 8 heteroatoms. The Morgan fingerprint density at radius 3 is 2.56 bits per heavy atom. The maximum absolute atomic E-state index is 12.6. The fraction of sp³-hybridized carbons (Fsp3) is 0.263. The second kappa shape index (κ2) is 7.60. The molecule has 0 spiro atoms. The zero-order valence-corrected chi connectivity index (χ0v) is 15.2. The molecule has 27 heavy (non-hydrogen) atoms. The highest BCUT2D eigenvalue weighted by molar-refractivity contribution is 6.32. The topological polar surface area (TPSA) is 45.2 Å². The van der Waals surface area contributed by atoms with Gasteiger partial charge in [-0.1, -0.05) is 24.6 Å². The van der Waals surface area contributed by atoms with Gasteiger partial charge in [0.25, 0.3) is 5.91 Å². The van der Waals surface area contributed by atoms with Crippen molar-refractivity contribution in [2.24, 2.45) is 5.92 Å². The quantitative estimate of drug-likeness (QED) is 0.813. The highest BCUT2D eigenvalue weighted by atomic mass is 35.5. The van der Waals surface area contributed by atoms with Crippen LogP contribution in [0.1, 0.15) is 12.5 Å². The summed E-state index contributed by atoms with van der Waals surface area (Å²) in [4.78, 5) is 18.8. The summed E-state index contributed by atoms with van der Waals surface area (Å²) in [6.07, 6.45) is -0.958. The van der Waals surface area contributed by atoms with Crippen molar-refractivity contribution >= 4 is 29.0 Å². The Labute approximate surface area is 159 Å². The maximum Gasteiger partial charge on any atom is 0.416 e. The second-order valence-electron chi connectivity index (χ2n) is 6.30. The average Bonchev–Trinajstić information content (AvgIpc) is 2.61. The first-order valence-corrected chi connectivity index (χ1v) is 8.67. The molecule has 1 aromatic heterocycles. The summed E-state index contributed by atoms with van der Waals surface area (Å²) in [6, 6.07) is 7.88. The van der Waals surface area contributed by atoms with E-state index in [2.05, 4.69) is 10.3 Å². The molecule has 1 N–H and O–H groups in total. The molecule has 2 aromatic rings. The van der Waals surface area contributed by atoms with Crippen molar-refractivity contribution in [2.75, 3.05) is 23.3 Å². The number of alkyl halides is 3. The zero-order valence-electron chi connectivity index (χ0n) is 14.4. The number of rotatable bonds is 3. The monoisotopic (exact) mass is 395 g/mol. The summed E-state index contributed by atoms with van der Waals surface area (Å²) in [5.41, 5.74) is 0.142. The molecule has 0 saturated heterocycles. The summed E-state index contributed by atoms with van der Waals surface area (Å²) in [7, 11) is 0. The highest BCUT2D eigenvalue weighted by Gasteiger charge is 2.30. The molecule has 0 aliphatic carbocycles. The molecule has 0 fully saturated rings. The lowest BCUT2D eigenvalue weighted by Gasteiger charge is -2.31. The van der Waals surface area contributed by atoms with Crippen molar-refractivity contribution in [1.29, 1.82) is 0 Å². The number of halogens is 4. The maximum atomic E-state index is 12.6. The van der Waals surface area contributed by atoms with E-state index in [-0.39, 0.29) is 11.8 Å². The van der Waals surface area contributed by atoms with E-state index in [1.807, 2.05) is 11.8 Å². The summed E-state index contributed by atoms with van der Waals surface area (Å²) >= 11 is 6.17. The number of carbonyl (C=O) groups is 1. The van der Waals surface area contributed by atoms with Crippen LogP contribution in [0, 0.1) is 5.92 Å². The molecule has 0 bridgehead atoms. The van der Waals surface area contributed by atoms with Gasteiger partial charge in [0.15, 0.2) is 0 Å². The van der Waals surface area contributed by atoms with Crippen molar-refractivity contribution in [3.05, 3.63) is 64.8 Å². The SMILES string of the molecule is C[C@H]1CN(c2ncccc2Cl)CC=C1C(=O)Nc1ccc(C(F)(F)F)cc1. The molecular formula is C19H17ClF3N3O. The molecule has 0 unspecified atom stereocenters. The first-order valence-electron chi connectivity index (χ1n) is 8.30. The number of benzene rings is 1. The summed E-state index contributed by atoms with van der Waals surface area (Å²) < 4.78 is 37.8. The van der Waals surface area contributed by atoms with E-state index < -0.39 is 11.7 Å². The summed E-state index contributed by atoms with van der Waals surface area (Å²) in [5, 5.41) is 3.19. The Bertz CT molecular complexity index is 865. The predicted octanol–water partition coefficient (Wildman–Crippen LogP) is 4.78. The van der Waals surface area contributed by atoms with Crippen molar-refractivity contribution in [2.45, 2.75) is 13.1 Å². The number of nitrogens with zero attached hydrogens (tertiary/aromatic N) is 2. The molecule has 0 radical (unpaired) electrons. The van der Waals surface area contributed by atoms with E-state index in [1.165, 1.54) is 12.1 Å². The third-order valence-electron chi connectivity index (χ3n) is 4.33. The zero-order chi connectivity index (χ0) is 19.6. The van der Waals surface area contributed by atoms with Gasteiger partial charge in [0.05, 0.1) is 10.6 Å². The number of hydrogen-bond donors (Lipinski definition) is 1. The highest BCUT2D eigenvalue weighted by Crippen LogP contribution is 2.31. The van der Waals surface area contributed by atoms with Gasteiger partial charge in [-0.05, 0) is 36.4 Å². The van der Waals surface area contributed by atoms with Crippen LogP contribution in [-0.2, 0) is 11.0 Å². The molecule has 0 saturated carbocycles. The van der Waals surface area contributed by atoms with Crippen LogP contribution in [0.5, 0.6) is 0 Å². The largest absolute Gasteiger partial charge is 0.416 e. The van der Waals surface area contributed by atoms with Gasteiger partial charge in [0.1, 0.15) is 5.82 Å². The molecule has 1 aliphatic heterocycles. The number of nitrogens with one attached hydrogen (secondary N) is 1. The molecule has 3 rings (SSSR count). The number of carbonyl (C=O) groups excluding carboxylic acids is 1. The predicted molar refractivity (Wildman–Crippen MR) is 98.8 cm³/mol. The van der Waals surface area contributed by atoms with Crippen LogP contribution < -0.4 is 10.2 Å². The van der Waals surface area contributed by atoms with E-state index in [4.69, 9.17) is 11.6 Å². The van der Waals surface area contributed by atoms with E-state index >= 15 is 0 Å².